The van der Waals surface area contributed by atoms with Crippen LogP contribution in [-0.2, 0) is 0 Å². The highest BCUT2D eigenvalue weighted by Gasteiger charge is 2.64. The summed E-state index contributed by atoms with van der Waals surface area (Å²) in [6.07, 6.45) is 8.13. The smallest absolute Gasteiger partial charge is 0.00199 e. The molecule has 92 valence electrons. The number of hydrogen-bond donors (Lipinski definition) is 2. The van der Waals surface area contributed by atoms with Gasteiger partial charge in [0.25, 0.3) is 0 Å². The van der Waals surface area contributed by atoms with E-state index < -0.39 is 0 Å². The summed E-state index contributed by atoms with van der Waals surface area (Å²) in [6.45, 7) is 6.72. The lowest BCUT2D eigenvalue weighted by atomic mass is 9.36. The molecule has 16 heavy (non-hydrogen) atoms. The molecule has 4 aliphatic rings. The zero-order valence-electron chi connectivity index (χ0n) is 10.8. The van der Waals surface area contributed by atoms with E-state index in [1.807, 2.05) is 0 Å². The van der Waals surface area contributed by atoms with Crippen molar-refractivity contribution >= 4 is 0 Å². The van der Waals surface area contributed by atoms with Crippen molar-refractivity contribution in [1.29, 1.82) is 0 Å². The van der Waals surface area contributed by atoms with Gasteiger partial charge in [-0.25, -0.2) is 0 Å². The minimum absolute atomic E-state index is 0.428. The van der Waals surface area contributed by atoms with E-state index in [0.29, 0.717) is 21.7 Å². The minimum Gasteiger partial charge on any atom is -0.330 e. The predicted molar refractivity (Wildman–Crippen MR) is 66.9 cm³/mol. The Morgan fingerprint density at radius 3 is 1.38 bits per heavy atom. The predicted octanol–water partition coefficient (Wildman–Crippen LogP) is 2.27. The molecule has 4 aliphatic carbocycles. The fourth-order valence-electron chi connectivity index (χ4n) is 6.63. The lowest BCUT2D eigenvalue weighted by Crippen LogP contribution is -2.63. The molecule has 4 bridgehead atoms. The molecule has 0 amide bonds. The highest BCUT2D eigenvalue weighted by atomic mass is 14.8. The SMILES string of the molecule is CC12CC3(C)CC(CN)(C1)CC(CN)(C2)C3. The largest absolute Gasteiger partial charge is 0.330 e. The zero-order valence-corrected chi connectivity index (χ0v) is 10.8. The van der Waals surface area contributed by atoms with Gasteiger partial charge >= 0.3 is 0 Å². The maximum atomic E-state index is 6.12. The number of hydrogen-bond acceptors (Lipinski definition) is 2. The fourth-order valence-corrected chi connectivity index (χ4v) is 6.63. The van der Waals surface area contributed by atoms with Crippen molar-refractivity contribution in [3.05, 3.63) is 0 Å². The van der Waals surface area contributed by atoms with Crippen LogP contribution in [0.4, 0.5) is 0 Å². The van der Waals surface area contributed by atoms with Gasteiger partial charge in [-0.05, 0) is 73.3 Å². The van der Waals surface area contributed by atoms with Crippen LogP contribution in [0.3, 0.4) is 0 Å². The van der Waals surface area contributed by atoms with E-state index in [2.05, 4.69) is 13.8 Å². The maximum Gasteiger partial charge on any atom is -0.00199 e. The van der Waals surface area contributed by atoms with E-state index in [-0.39, 0.29) is 0 Å². The van der Waals surface area contributed by atoms with E-state index in [1.54, 1.807) is 0 Å². The van der Waals surface area contributed by atoms with E-state index in [4.69, 9.17) is 11.5 Å². The summed E-state index contributed by atoms with van der Waals surface area (Å²) >= 11 is 0. The average molecular weight is 222 g/mol. The van der Waals surface area contributed by atoms with E-state index in [1.165, 1.54) is 38.5 Å². The van der Waals surface area contributed by atoms with Gasteiger partial charge in [-0.3, -0.25) is 0 Å². The van der Waals surface area contributed by atoms with Crippen molar-refractivity contribution in [1.82, 2.24) is 0 Å². The van der Waals surface area contributed by atoms with Crippen LogP contribution in [0.5, 0.6) is 0 Å². The van der Waals surface area contributed by atoms with Crippen molar-refractivity contribution in [3.63, 3.8) is 0 Å². The van der Waals surface area contributed by atoms with Gasteiger partial charge in [0.2, 0.25) is 0 Å². The Balaban J connectivity index is 2.06. The summed E-state index contributed by atoms with van der Waals surface area (Å²) in [4.78, 5) is 0. The molecule has 4 saturated carbocycles. The quantitative estimate of drug-likeness (QED) is 0.753. The molecule has 4 N–H and O–H groups in total. The Kier molecular flexibility index (Phi) is 1.96. The molecular formula is C14H26N2. The summed E-state index contributed by atoms with van der Waals surface area (Å²) in [5.41, 5.74) is 14.2. The molecular weight excluding hydrogens is 196 g/mol. The summed E-state index contributed by atoms with van der Waals surface area (Å²) in [5.74, 6) is 0. The van der Waals surface area contributed by atoms with Crippen molar-refractivity contribution in [2.45, 2.75) is 52.4 Å². The zero-order chi connectivity index (χ0) is 11.7. The van der Waals surface area contributed by atoms with E-state index in [0.717, 1.165) is 13.1 Å². The van der Waals surface area contributed by atoms with Gasteiger partial charge in [-0.2, -0.15) is 0 Å². The second-order valence-corrected chi connectivity index (χ2v) is 8.09. The Labute approximate surface area is 99.1 Å². The van der Waals surface area contributed by atoms with Crippen LogP contribution >= 0.6 is 0 Å². The van der Waals surface area contributed by atoms with E-state index >= 15 is 0 Å². The van der Waals surface area contributed by atoms with Gasteiger partial charge in [0.1, 0.15) is 0 Å². The highest BCUT2D eigenvalue weighted by molar-refractivity contribution is 5.15. The van der Waals surface area contributed by atoms with E-state index in [9.17, 15) is 0 Å². The Bertz CT molecular complexity index is 279. The third kappa shape index (κ3) is 1.32. The molecule has 0 aromatic rings. The summed E-state index contributed by atoms with van der Waals surface area (Å²) in [7, 11) is 0. The average Bonchev–Trinajstić information content (AvgIpc) is 2.12. The normalized spacial score (nSPS) is 59.2. The molecule has 0 spiro atoms. The standard InChI is InChI=1S/C14H26N2/c1-11-3-12(2)6-13(4-11,9-15)8-14(5-11,7-12)10-16/h3-10,15-16H2,1-2H3. The van der Waals surface area contributed by atoms with Crippen LogP contribution in [-0.4, -0.2) is 13.1 Å². The van der Waals surface area contributed by atoms with Crippen LogP contribution in [0.25, 0.3) is 0 Å². The third-order valence-electron chi connectivity index (χ3n) is 5.68. The molecule has 0 heterocycles. The van der Waals surface area contributed by atoms with Crippen LogP contribution in [0, 0.1) is 21.7 Å². The monoisotopic (exact) mass is 222 g/mol. The van der Waals surface area contributed by atoms with Crippen LogP contribution in [0.15, 0.2) is 0 Å². The van der Waals surface area contributed by atoms with Crippen molar-refractivity contribution < 1.29 is 0 Å². The lowest BCUT2D eigenvalue weighted by molar-refractivity contribution is -0.182. The van der Waals surface area contributed by atoms with Gasteiger partial charge in [-0.15, -0.1) is 0 Å². The molecule has 0 aliphatic heterocycles. The Morgan fingerprint density at radius 1 is 0.688 bits per heavy atom. The molecule has 4 rings (SSSR count). The first kappa shape index (κ1) is 11.0. The van der Waals surface area contributed by atoms with Gasteiger partial charge in [0, 0.05) is 0 Å². The molecule has 0 aromatic carbocycles. The third-order valence-corrected chi connectivity index (χ3v) is 5.68. The highest BCUT2D eigenvalue weighted by Crippen LogP contribution is 2.73. The first-order valence-corrected chi connectivity index (χ1v) is 6.77. The summed E-state index contributed by atoms with van der Waals surface area (Å²) in [6, 6.07) is 0. The Hall–Kier alpha value is -0.0800. The molecule has 0 aromatic heterocycles. The molecule has 0 unspecified atom stereocenters. The first-order chi connectivity index (χ1) is 7.36. The topological polar surface area (TPSA) is 52.0 Å². The van der Waals surface area contributed by atoms with Gasteiger partial charge in [-0.1, -0.05) is 13.8 Å². The minimum atomic E-state index is 0.428. The van der Waals surface area contributed by atoms with Crippen molar-refractivity contribution in [2.75, 3.05) is 13.1 Å². The molecule has 0 radical (unpaired) electrons. The lowest BCUT2D eigenvalue weighted by Gasteiger charge is -2.69. The van der Waals surface area contributed by atoms with Crippen molar-refractivity contribution in [3.8, 4) is 0 Å². The molecule has 2 heteroatoms. The van der Waals surface area contributed by atoms with Crippen LogP contribution in [0.1, 0.15) is 52.4 Å². The van der Waals surface area contributed by atoms with Crippen molar-refractivity contribution in [2.24, 2.45) is 33.1 Å². The maximum absolute atomic E-state index is 6.12. The molecule has 0 atom stereocenters. The summed E-state index contributed by atoms with van der Waals surface area (Å²) in [5, 5.41) is 0. The second-order valence-electron chi connectivity index (χ2n) is 8.09. The molecule has 4 fully saturated rings. The first-order valence-electron chi connectivity index (χ1n) is 6.77. The number of nitrogens with two attached hydrogens (primary N) is 2. The molecule has 0 saturated heterocycles. The molecule has 2 nitrogen and oxygen atoms in total. The Morgan fingerprint density at radius 2 is 1.06 bits per heavy atom. The number of rotatable bonds is 2. The van der Waals surface area contributed by atoms with Gasteiger partial charge in [0.15, 0.2) is 0 Å². The van der Waals surface area contributed by atoms with Crippen LogP contribution < -0.4 is 11.5 Å². The fraction of sp³-hybridized carbons (Fsp3) is 1.00. The van der Waals surface area contributed by atoms with Gasteiger partial charge < -0.3 is 11.5 Å². The summed E-state index contributed by atoms with van der Waals surface area (Å²) < 4.78 is 0. The van der Waals surface area contributed by atoms with Crippen LogP contribution in [0.2, 0.25) is 0 Å². The second kappa shape index (κ2) is 2.84. The van der Waals surface area contributed by atoms with Gasteiger partial charge in [0.05, 0.1) is 0 Å².